The summed E-state index contributed by atoms with van der Waals surface area (Å²) in [4.78, 5) is 11.5. The molecule has 3 N–H and O–H groups in total. The van der Waals surface area contributed by atoms with E-state index in [9.17, 15) is 4.79 Å². The molecule has 0 aliphatic rings. The zero-order valence-corrected chi connectivity index (χ0v) is 9.89. The van der Waals surface area contributed by atoms with E-state index in [2.05, 4.69) is 26.1 Å². The van der Waals surface area contributed by atoms with E-state index in [4.69, 9.17) is 5.73 Å². The average molecular weight is 200 g/mol. The molecule has 0 saturated carbocycles. The van der Waals surface area contributed by atoms with Gasteiger partial charge in [-0.3, -0.25) is 4.79 Å². The van der Waals surface area contributed by atoms with Crippen molar-refractivity contribution >= 4 is 5.91 Å². The van der Waals surface area contributed by atoms with Gasteiger partial charge in [0, 0.05) is 12.5 Å². The highest BCUT2D eigenvalue weighted by Gasteiger charge is 2.16. The molecule has 0 aromatic carbocycles. The SMILES string of the molecule is CC(CCCN)NC(=O)CC(C)(C)C. The predicted molar refractivity (Wildman–Crippen MR) is 60.0 cm³/mol. The van der Waals surface area contributed by atoms with Crippen molar-refractivity contribution in [2.45, 2.75) is 53.0 Å². The van der Waals surface area contributed by atoms with Gasteiger partial charge in [-0.05, 0) is 31.7 Å². The number of rotatable bonds is 5. The Labute approximate surface area is 87.4 Å². The van der Waals surface area contributed by atoms with Crippen LogP contribution in [0.15, 0.2) is 0 Å². The van der Waals surface area contributed by atoms with Gasteiger partial charge in [0.25, 0.3) is 0 Å². The first-order valence-corrected chi connectivity index (χ1v) is 5.34. The summed E-state index contributed by atoms with van der Waals surface area (Å²) >= 11 is 0. The molecule has 0 aliphatic heterocycles. The summed E-state index contributed by atoms with van der Waals surface area (Å²) in [6.45, 7) is 8.92. The molecule has 0 bridgehead atoms. The second-order valence-corrected chi connectivity index (χ2v) is 5.14. The van der Waals surface area contributed by atoms with Crippen LogP contribution in [0.25, 0.3) is 0 Å². The highest BCUT2D eigenvalue weighted by molar-refractivity contribution is 5.76. The number of nitrogens with two attached hydrogens (primary N) is 1. The molecule has 0 rings (SSSR count). The molecule has 3 nitrogen and oxygen atoms in total. The van der Waals surface area contributed by atoms with Crippen LogP contribution < -0.4 is 11.1 Å². The first-order chi connectivity index (χ1) is 6.35. The van der Waals surface area contributed by atoms with Crippen LogP contribution in [0, 0.1) is 5.41 Å². The third-order valence-corrected chi connectivity index (χ3v) is 1.94. The minimum absolute atomic E-state index is 0.0671. The molecule has 0 aromatic heterocycles. The van der Waals surface area contributed by atoms with E-state index in [1.54, 1.807) is 0 Å². The van der Waals surface area contributed by atoms with E-state index in [-0.39, 0.29) is 17.4 Å². The molecule has 1 atom stereocenters. The standard InChI is InChI=1S/C11H24N2O/c1-9(6-5-7-12)13-10(14)8-11(2,3)4/h9H,5-8,12H2,1-4H3,(H,13,14). The number of carbonyl (C=O) groups is 1. The highest BCUT2D eigenvalue weighted by Crippen LogP contribution is 2.17. The van der Waals surface area contributed by atoms with E-state index < -0.39 is 0 Å². The molecule has 14 heavy (non-hydrogen) atoms. The fourth-order valence-electron chi connectivity index (χ4n) is 1.30. The monoisotopic (exact) mass is 200 g/mol. The minimum atomic E-state index is 0.0671. The first kappa shape index (κ1) is 13.4. The third-order valence-electron chi connectivity index (χ3n) is 1.94. The molecular formula is C11H24N2O. The quantitative estimate of drug-likeness (QED) is 0.709. The molecule has 0 radical (unpaired) electrons. The molecular weight excluding hydrogens is 176 g/mol. The van der Waals surface area contributed by atoms with Crippen LogP contribution in [0.3, 0.4) is 0 Å². The van der Waals surface area contributed by atoms with E-state index in [1.807, 2.05) is 6.92 Å². The van der Waals surface area contributed by atoms with Crippen molar-refractivity contribution in [2.75, 3.05) is 6.54 Å². The Balaban J connectivity index is 3.71. The van der Waals surface area contributed by atoms with Crippen molar-refractivity contribution in [3.63, 3.8) is 0 Å². The lowest BCUT2D eigenvalue weighted by molar-refractivity contribution is -0.123. The summed E-state index contributed by atoms with van der Waals surface area (Å²) in [5.74, 6) is 0.141. The van der Waals surface area contributed by atoms with Crippen LogP contribution in [-0.4, -0.2) is 18.5 Å². The maximum atomic E-state index is 11.5. The summed E-state index contributed by atoms with van der Waals surface area (Å²) in [6.07, 6.45) is 2.52. The van der Waals surface area contributed by atoms with Crippen LogP contribution in [0.2, 0.25) is 0 Å². The fraction of sp³-hybridized carbons (Fsp3) is 0.909. The van der Waals surface area contributed by atoms with Gasteiger partial charge in [-0.2, -0.15) is 0 Å². The molecule has 3 heteroatoms. The van der Waals surface area contributed by atoms with Crippen LogP contribution >= 0.6 is 0 Å². The fourth-order valence-corrected chi connectivity index (χ4v) is 1.30. The second-order valence-electron chi connectivity index (χ2n) is 5.14. The van der Waals surface area contributed by atoms with Crippen molar-refractivity contribution in [3.05, 3.63) is 0 Å². The lowest BCUT2D eigenvalue weighted by Crippen LogP contribution is -2.35. The second kappa shape index (κ2) is 6.02. The lowest BCUT2D eigenvalue weighted by atomic mass is 9.92. The zero-order chi connectivity index (χ0) is 11.2. The third kappa shape index (κ3) is 8.05. The summed E-state index contributed by atoms with van der Waals surface area (Å²) < 4.78 is 0. The number of hydrogen-bond donors (Lipinski definition) is 2. The normalized spacial score (nSPS) is 13.8. The molecule has 84 valence electrons. The first-order valence-electron chi connectivity index (χ1n) is 5.34. The maximum absolute atomic E-state index is 11.5. The molecule has 1 amide bonds. The largest absolute Gasteiger partial charge is 0.354 e. The van der Waals surface area contributed by atoms with Crippen molar-refractivity contribution in [1.82, 2.24) is 5.32 Å². The summed E-state index contributed by atoms with van der Waals surface area (Å²) in [5, 5.41) is 2.98. The Morgan fingerprint density at radius 1 is 1.43 bits per heavy atom. The zero-order valence-electron chi connectivity index (χ0n) is 9.89. The van der Waals surface area contributed by atoms with E-state index in [0.717, 1.165) is 12.8 Å². The van der Waals surface area contributed by atoms with Gasteiger partial charge in [-0.15, -0.1) is 0 Å². The number of amides is 1. The Kier molecular flexibility index (Phi) is 5.77. The van der Waals surface area contributed by atoms with E-state index in [1.165, 1.54) is 0 Å². The Bertz CT molecular complexity index is 173. The Morgan fingerprint density at radius 3 is 2.43 bits per heavy atom. The molecule has 0 aromatic rings. The lowest BCUT2D eigenvalue weighted by Gasteiger charge is -2.20. The molecule has 0 aliphatic carbocycles. The van der Waals surface area contributed by atoms with Gasteiger partial charge in [0.2, 0.25) is 5.91 Å². The molecule has 0 spiro atoms. The van der Waals surface area contributed by atoms with Gasteiger partial charge >= 0.3 is 0 Å². The summed E-state index contributed by atoms with van der Waals surface area (Å²) in [6, 6.07) is 0.244. The number of nitrogens with one attached hydrogen (secondary N) is 1. The van der Waals surface area contributed by atoms with E-state index >= 15 is 0 Å². The average Bonchev–Trinajstić information content (AvgIpc) is 1.96. The topological polar surface area (TPSA) is 55.1 Å². The smallest absolute Gasteiger partial charge is 0.220 e. The Morgan fingerprint density at radius 2 is 2.00 bits per heavy atom. The van der Waals surface area contributed by atoms with Crippen LogP contribution in [0.4, 0.5) is 0 Å². The molecule has 0 fully saturated rings. The summed E-state index contributed by atoms with van der Waals surface area (Å²) in [7, 11) is 0. The van der Waals surface area contributed by atoms with E-state index in [0.29, 0.717) is 13.0 Å². The molecule has 1 unspecified atom stereocenters. The Hall–Kier alpha value is -0.570. The van der Waals surface area contributed by atoms with Gasteiger partial charge in [-0.1, -0.05) is 20.8 Å². The highest BCUT2D eigenvalue weighted by atomic mass is 16.1. The van der Waals surface area contributed by atoms with Crippen molar-refractivity contribution < 1.29 is 4.79 Å². The van der Waals surface area contributed by atoms with Gasteiger partial charge in [0.05, 0.1) is 0 Å². The number of hydrogen-bond acceptors (Lipinski definition) is 2. The molecule has 0 saturated heterocycles. The number of carbonyl (C=O) groups excluding carboxylic acids is 1. The predicted octanol–water partition coefficient (Wildman–Crippen LogP) is 1.67. The van der Waals surface area contributed by atoms with Crippen molar-refractivity contribution in [1.29, 1.82) is 0 Å². The maximum Gasteiger partial charge on any atom is 0.220 e. The minimum Gasteiger partial charge on any atom is -0.354 e. The summed E-state index contributed by atoms with van der Waals surface area (Å²) in [5.41, 5.74) is 5.46. The van der Waals surface area contributed by atoms with Gasteiger partial charge in [0.15, 0.2) is 0 Å². The van der Waals surface area contributed by atoms with Gasteiger partial charge < -0.3 is 11.1 Å². The van der Waals surface area contributed by atoms with Crippen LogP contribution in [0.5, 0.6) is 0 Å². The van der Waals surface area contributed by atoms with Gasteiger partial charge in [0.1, 0.15) is 0 Å². The van der Waals surface area contributed by atoms with Crippen LogP contribution in [0.1, 0.15) is 47.0 Å². The van der Waals surface area contributed by atoms with Crippen LogP contribution in [-0.2, 0) is 4.79 Å². The van der Waals surface area contributed by atoms with Gasteiger partial charge in [-0.25, -0.2) is 0 Å². The van der Waals surface area contributed by atoms with Crippen molar-refractivity contribution in [2.24, 2.45) is 11.1 Å². The molecule has 0 heterocycles. The van der Waals surface area contributed by atoms with Crippen molar-refractivity contribution in [3.8, 4) is 0 Å².